The van der Waals surface area contributed by atoms with Crippen LogP contribution in [0.2, 0.25) is 0 Å². The van der Waals surface area contributed by atoms with E-state index in [0.717, 1.165) is 57.7 Å². The van der Waals surface area contributed by atoms with Gasteiger partial charge in [-0.25, -0.2) is 0 Å². The lowest BCUT2D eigenvalue weighted by Crippen LogP contribution is -2.50. The number of carbonyl (C=O) groups excluding carboxylic acids is 2. The fourth-order valence-corrected chi connectivity index (χ4v) is 6.09. The molecule has 0 saturated carbocycles. The molecule has 0 aliphatic carbocycles. The highest BCUT2D eigenvalue weighted by Gasteiger charge is 2.46. The van der Waals surface area contributed by atoms with E-state index in [1.807, 2.05) is 23.1 Å². The Balaban J connectivity index is 1.39. The van der Waals surface area contributed by atoms with Crippen LogP contribution in [-0.2, 0) is 11.2 Å². The Bertz CT molecular complexity index is 1140. The van der Waals surface area contributed by atoms with E-state index in [-0.39, 0.29) is 17.9 Å². The zero-order chi connectivity index (χ0) is 25.9. The summed E-state index contributed by atoms with van der Waals surface area (Å²) < 4.78 is 11.0. The number of piperazine rings is 1. The van der Waals surface area contributed by atoms with Crippen LogP contribution in [0, 0.1) is 0 Å². The number of nitrogens with zero attached hydrogens (tertiary/aromatic N) is 3. The number of nitrogens with one attached hydrogen (secondary N) is 1. The first-order valence-electron chi connectivity index (χ1n) is 13.4. The van der Waals surface area contributed by atoms with Crippen LogP contribution in [0.1, 0.15) is 52.4 Å². The highest BCUT2D eigenvalue weighted by Crippen LogP contribution is 2.48. The summed E-state index contributed by atoms with van der Waals surface area (Å²) in [4.78, 5) is 34.4. The predicted molar refractivity (Wildman–Crippen MR) is 142 cm³/mol. The van der Waals surface area contributed by atoms with E-state index < -0.39 is 5.92 Å². The Labute approximate surface area is 219 Å². The van der Waals surface area contributed by atoms with E-state index in [2.05, 4.69) is 34.2 Å². The lowest BCUT2D eigenvalue weighted by atomic mass is 9.75. The van der Waals surface area contributed by atoms with Gasteiger partial charge in [-0.05, 0) is 54.8 Å². The summed E-state index contributed by atoms with van der Waals surface area (Å²) in [6.45, 7) is 9.85. The summed E-state index contributed by atoms with van der Waals surface area (Å²) in [5, 5.41) is 3.21. The SMILES string of the molecule is CCN1CCN(CCCNC(=O)[C@H]2c3cc(OC)c(OC)cc3C(=O)N3CCc4ccccc4[C@H]23)CC1. The zero-order valence-corrected chi connectivity index (χ0v) is 22.2. The van der Waals surface area contributed by atoms with Crippen LogP contribution >= 0.6 is 0 Å². The second-order valence-corrected chi connectivity index (χ2v) is 10.1. The lowest BCUT2D eigenvalue weighted by molar-refractivity contribution is -0.124. The molecule has 8 nitrogen and oxygen atoms in total. The van der Waals surface area contributed by atoms with Crippen LogP contribution in [0.25, 0.3) is 0 Å². The third kappa shape index (κ3) is 4.92. The van der Waals surface area contributed by atoms with Gasteiger partial charge in [-0.3, -0.25) is 9.59 Å². The van der Waals surface area contributed by atoms with Crippen molar-refractivity contribution in [3.63, 3.8) is 0 Å². The van der Waals surface area contributed by atoms with Crippen LogP contribution in [0.4, 0.5) is 0 Å². The summed E-state index contributed by atoms with van der Waals surface area (Å²) in [7, 11) is 3.14. The number of rotatable bonds is 8. The highest BCUT2D eigenvalue weighted by atomic mass is 16.5. The molecule has 3 aliphatic heterocycles. The second-order valence-electron chi connectivity index (χ2n) is 10.1. The van der Waals surface area contributed by atoms with Gasteiger partial charge in [-0.2, -0.15) is 0 Å². The first-order valence-corrected chi connectivity index (χ1v) is 13.4. The van der Waals surface area contributed by atoms with E-state index >= 15 is 0 Å². The van der Waals surface area contributed by atoms with Crippen molar-refractivity contribution in [2.75, 3.05) is 66.6 Å². The molecule has 2 aromatic rings. The van der Waals surface area contributed by atoms with Crippen molar-refractivity contribution in [1.29, 1.82) is 0 Å². The standard InChI is InChI=1S/C29H38N4O4/c1-4-31-14-16-32(17-15-31)12-7-11-30-28(34)26-22-18-24(36-2)25(37-3)19-23(22)29(35)33-13-10-20-8-5-6-9-21(20)27(26)33/h5-6,8-9,18-19,26-27H,4,7,10-17H2,1-3H3,(H,30,34)/t26-,27+/m0/s1. The van der Waals surface area contributed by atoms with Crippen molar-refractivity contribution in [3.05, 3.63) is 58.7 Å². The molecule has 2 amide bonds. The average molecular weight is 507 g/mol. The van der Waals surface area contributed by atoms with Gasteiger partial charge in [0.25, 0.3) is 5.91 Å². The van der Waals surface area contributed by atoms with Crippen molar-refractivity contribution in [3.8, 4) is 11.5 Å². The maximum atomic E-state index is 13.9. The molecule has 37 heavy (non-hydrogen) atoms. The summed E-state index contributed by atoms with van der Waals surface area (Å²) in [6, 6.07) is 11.4. The Morgan fingerprint density at radius 1 is 0.973 bits per heavy atom. The number of hydrogen-bond acceptors (Lipinski definition) is 6. The van der Waals surface area contributed by atoms with Gasteiger partial charge < -0.3 is 29.5 Å². The van der Waals surface area contributed by atoms with E-state index in [1.54, 1.807) is 20.3 Å². The first-order chi connectivity index (χ1) is 18.0. The van der Waals surface area contributed by atoms with Crippen LogP contribution in [0.15, 0.2) is 36.4 Å². The first kappa shape index (κ1) is 25.5. The van der Waals surface area contributed by atoms with E-state index in [1.165, 1.54) is 5.56 Å². The average Bonchev–Trinajstić information content (AvgIpc) is 2.95. The van der Waals surface area contributed by atoms with Crippen LogP contribution in [0.5, 0.6) is 11.5 Å². The summed E-state index contributed by atoms with van der Waals surface area (Å²) >= 11 is 0. The highest BCUT2D eigenvalue weighted by molar-refractivity contribution is 6.02. The maximum absolute atomic E-state index is 13.9. The van der Waals surface area contributed by atoms with Crippen molar-refractivity contribution in [1.82, 2.24) is 20.0 Å². The monoisotopic (exact) mass is 506 g/mol. The normalized spacial score (nSPS) is 21.6. The molecule has 0 aromatic heterocycles. The topological polar surface area (TPSA) is 74.4 Å². The Kier molecular flexibility index (Phi) is 7.67. The van der Waals surface area contributed by atoms with Gasteiger partial charge in [0, 0.05) is 44.8 Å². The molecule has 198 valence electrons. The minimum absolute atomic E-state index is 0.0523. The molecule has 0 bridgehead atoms. The largest absolute Gasteiger partial charge is 0.493 e. The molecule has 0 spiro atoms. The van der Waals surface area contributed by atoms with Crippen LogP contribution < -0.4 is 14.8 Å². The number of benzene rings is 2. The Morgan fingerprint density at radius 2 is 1.68 bits per heavy atom. The third-order valence-corrected chi connectivity index (χ3v) is 8.17. The predicted octanol–water partition coefficient (Wildman–Crippen LogP) is 2.68. The third-order valence-electron chi connectivity index (χ3n) is 8.17. The molecule has 1 fully saturated rings. The van der Waals surface area contributed by atoms with Crippen molar-refractivity contribution in [2.24, 2.45) is 0 Å². The Hall–Kier alpha value is -3.10. The molecule has 0 radical (unpaired) electrons. The quantitative estimate of drug-likeness (QED) is 0.555. The van der Waals surface area contributed by atoms with Crippen molar-refractivity contribution >= 4 is 11.8 Å². The number of amides is 2. The van der Waals surface area contributed by atoms with Crippen molar-refractivity contribution < 1.29 is 19.1 Å². The molecular formula is C29H38N4O4. The minimum Gasteiger partial charge on any atom is -0.493 e. The fraction of sp³-hybridized carbons (Fsp3) is 0.517. The molecule has 1 N–H and O–H groups in total. The van der Waals surface area contributed by atoms with Gasteiger partial charge in [-0.1, -0.05) is 31.2 Å². The van der Waals surface area contributed by atoms with Crippen LogP contribution in [-0.4, -0.2) is 93.1 Å². The number of fused-ring (bicyclic) bond motifs is 4. The van der Waals surface area contributed by atoms with Gasteiger partial charge >= 0.3 is 0 Å². The molecule has 5 rings (SSSR count). The number of likely N-dealkylation sites (N-methyl/N-ethyl adjacent to an activating group) is 1. The van der Waals surface area contributed by atoms with Gasteiger partial charge in [0.2, 0.25) is 5.91 Å². The van der Waals surface area contributed by atoms with Gasteiger partial charge in [0.15, 0.2) is 11.5 Å². The summed E-state index contributed by atoms with van der Waals surface area (Å²) in [5.74, 6) is 0.375. The molecule has 2 atom stereocenters. The minimum atomic E-state index is -0.526. The fourth-order valence-electron chi connectivity index (χ4n) is 6.09. The smallest absolute Gasteiger partial charge is 0.254 e. The molecule has 1 saturated heterocycles. The molecule has 8 heteroatoms. The molecule has 0 unspecified atom stereocenters. The summed E-state index contributed by atoms with van der Waals surface area (Å²) in [6.07, 6.45) is 1.67. The van der Waals surface area contributed by atoms with Gasteiger partial charge in [0.05, 0.1) is 26.2 Å². The van der Waals surface area contributed by atoms with Gasteiger partial charge in [-0.15, -0.1) is 0 Å². The van der Waals surface area contributed by atoms with E-state index in [4.69, 9.17) is 9.47 Å². The van der Waals surface area contributed by atoms with Gasteiger partial charge in [0.1, 0.15) is 0 Å². The van der Waals surface area contributed by atoms with Crippen molar-refractivity contribution in [2.45, 2.75) is 31.7 Å². The number of methoxy groups -OCH3 is 2. The van der Waals surface area contributed by atoms with E-state index in [9.17, 15) is 9.59 Å². The van der Waals surface area contributed by atoms with E-state index in [0.29, 0.717) is 35.7 Å². The molecular weight excluding hydrogens is 468 g/mol. The zero-order valence-electron chi connectivity index (χ0n) is 22.2. The Morgan fingerprint density at radius 3 is 2.41 bits per heavy atom. The number of ether oxygens (including phenoxy) is 2. The molecule has 3 heterocycles. The molecule has 2 aromatic carbocycles. The lowest BCUT2D eigenvalue weighted by Gasteiger charge is -2.45. The maximum Gasteiger partial charge on any atom is 0.254 e. The number of carbonyl (C=O) groups is 2. The number of hydrogen-bond donors (Lipinski definition) is 1. The second kappa shape index (κ2) is 11.1. The van der Waals surface area contributed by atoms with Crippen LogP contribution in [0.3, 0.4) is 0 Å². The summed E-state index contributed by atoms with van der Waals surface area (Å²) in [5.41, 5.74) is 3.47. The molecule has 3 aliphatic rings.